The first-order chi connectivity index (χ1) is 9.15. The lowest BCUT2D eigenvalue weighted by atomic mass is 10.0. The molecule has 1 aliphatic heterocycles. The Morgan fingerprint density at radius 3 is 3.00 bits per heavy atom. The van der Waals surface area contributed by atoms with Crippen molar-refractivity contribution in [1.29, 1.82) is 0 Å². The fraction of sp³-hybridized carbons (Fsp3) is 0.533. The van der Waals surface area contributed by atoms with Crippen molar-refractivity contribution >= 4 is 6.03 Å². The fourth-order valence-corrected chi connectivity index (χ4v) is 2.13. The Labute approximate surface area is 114 Å². The van der Waals surface area contributed by atoms with Crippen LogP contribution in [0.3, 0.4) is 0 Å². The third-order valence-corrected chi connectivity index (χ3v) is 3.22. The maximum atomic E-state index is 11.7. The van der Waals surface area contributed by atoms with E-state index in [2.05, 4.69) is 24.5 Å². The minimum absolute atomic E-state index is 0.0500. The molecule has 0 radical (unpaired) electrons. The molecule has 0 aliphatic carbocycles. The van der Waals surface area contributed by atoms with Gasteiger partial charge in [0.15, 0.2) is 0 Å². The summed E-state index contributed by atoms with van der Waals surface area (Å²) in [6.07, 6.45) is 1.82. The third kappa shape index (κ3) is 4.16. The zero-order valence-electron chi connectivity index (χ0n) is 11.6. The molecule has 4 heteroatoms. The molecule has 104 valence electrons. The summed E-state index contributed by atoms with van der Waals surface area (Å²) >= 11 is 0. The number of hydrogen-bond donors (Lipinski definition) is 2. The van der Waals surface area contributed by atoms with E-state index in [1.54, 1.807) is 0 Å². The Kier molecular flexibility index (Phi) is 4.66. The van der Waals surface area contributed by atoms with E-state index in [4.69, 9.17) is 4.74 Å². The first kappa shape index (κ1) is 13.7. The first-order valence-electron chi connectivity index (χ1n) is 6.90. The van der Waals surface area contributed by atoms with Gasteiger partial charge in [0.25, 0.3) is 0 Å². The van der Waals surface area contributed by atoms with Crippen LogP contribution in [0.25, 0.3) is 0 Å². The van der Waals surface area contributed by atoms with Crippen molar-refractivity contribution in [3.05, 3.63) is 29.8 Å². The van der Waals surface area contributed by atoms with Gasteiger partial charge in [0.1, 0.15) is 12.4 Å². The molecule has 19 heavy (non-hydrogen) atoms. The molecule has 1 heterocycles. The zero-order valence-corrected chi connectivity index (χ0v) is 11.6. The number of benzene rings is 1. The number of rotatable bonds is 4. The minimum atomic E-state index is -0.103. The quantitative estimate of drug-likeness (QED) is 0.875. The number of carbonyl (C=O) groups excluding carboxylic acids is 1. The minimum Gasteiger partial charge on any atom is -0.491 e. The predicted octanol–water partition coefficient (Wildman–Crippen LogP) is 2.34. The normalized spacial score (nSPS) is 17.5. The van der Waals surface area contributed by atoms with E-state index in [1.165, 1.54) is 0 Å². The molecule has 0 bridgehead atoms. The van der Waals surface area contributed by atoms with Gasteiger partial charge >= 0.3 is 6.03 Å². The van der Waals surface area contributed by atoms with Gasteiger partial charge in [-0.2, -0.15) is 0 Å². The van der Waals surface area contributed by atoms with Gasteiger partial charge in [-0.3, -0.25) is 0 Å². The Balaban J connectivity index is 1.77. The van der Waals surface area contributed by atoms with Gasteiger partial charge < -0.3 is 15.4 Å². The lowest BCUT2D eigenvalue weighted by molar-refractivity contribution is 0.214. The summed E-state index contributed by atoms with van der Waals surface area (Å²) in [5.74, 6) is 1.53. The van der Waals surface area contributed by atoms with Gasteiger partial charge in [0.2, 0.25) is 0 Å². The molecule has 1 aliphatic rings. The van der Waals surface area contributed by atoms with E-state index in [9.17, 15) is 4.79 Å². The van der Waals surface area contributed by atoms with E-state index in [1.807, 2.05) is 24.3 Å². The van der Waals surface area contributed by atoms with Crippen LogP contribution in [-0.2, 0) is 6.42 Å². The molecule has 2 N–H and O–H groups in total. The van der Waals surface area contributed by atoms with Crippen LogP contribution in [0.5, 0.6) is 5.75 Å². The van der Waals surface area contributed by atoms with Crippen LogP contribution in [0.4, 0.5) is 4.79 Å². The lowest BCUT2D eigenvalue weighted by Gasteiger charge is -2.26. The van der Waals surface area contributed by atoms with Gasteiger partial charge in [0.05, 0.1) is 6.04 Å². The number of nitrogens with one attached hydrogen (secondary N) is 2. The summed E-state index contributed by atoms with van der Waals surface area (Å²) in [6, 6.07) is 7.91. The van der Waals surface area contributed by atoms with Gasteiger partial charge in [-0.05, 0) is 30.4 Å². The highest BCUT2D eigenvalue weighted by Crippen LogP contribution is 2.23. The van der Waals surface area contributed by atoms with Crippen molar-refractivity contribution in [1.82, 2.24) is 10.6 Å². The molecule has 0 fully saturated rings. The molecule has 0 spiro atoms. The highest BCUT2D eigenvalue weighted by molar-refractivity contribution is 5.74. The molecule has 0 unspecified atom stereocenters. The summed E-state index contributed by atoms with van der Waals surface area (Å²) in [6.45, 7) is 5.54. The van der Waals surface area contributed by atoms with Crippen molar-refractivity contribution < 1.29 is 9.53 Å². The molecule has 2 rings (SSSR count). The summed E-state index contributed by atoms with van der Waals surface area (Å²) in [4.78, 5) is 11.7. The van der Waals surface area contributed by atoms with Gasteiger partial charge in [-0.15, -0.1) is 0 Å². The van der Waals surface area contributed by atoms with Crippen LogP contribution in [0.15, 0.2) is 24.3 Å². The zero-order chi connectivity index (χ0) is 13.7. The second-order valence-electron chi connectivity index (χ2n) is 5.40. The van der Waals surface area contributed by atoms with Gasteiger partial charge in [0, 0.05) is 6.54 Å². The molecular weight excluding hydrogens is 240 g/mol. The van der Waals surface area contributed by atoms with Crippen molar-refractivity contribution in [2.45, 2.75) is 32.7 Å². The number of amides is 2. The maximum absolute atomic E-state index is 11.7. The Morgan fingerprint density at radius 1 is 1.42 bits per heavy atom. The van der Waals surface area contributed by atoms with E-state index in [0.717, 1.165) is 24.2 Å². The highest BCUT2D eigenvalue weighted by Gasteiger charge is 2.20. The van der Waals surface area contributed by atoms with Crippen molar-refractivity contribution in [2.75, 3.05) is 13.2 Å². The molecule has 0 saturated carbocycles. The van der Waals surface area contributed by atoms with Crippen LogP contribution < -0.4 is 15.4 Å². The molecule has 1 aromatic rings. The topological polar surface area (TPSA) is 50.4 Å². The summed E-state index contributed by atoms with van der Waals surface area (Å²) in [5, 5.41) is 5.84. The van der Waals surface area contributed by atoms with Crippen LogP contribution in [0.1, 0.15) is 25.8 Å². The number of urea groups is 1. The maximum Gasteiger partial charge on any atom is 0.315 e. The van der Waals surface area contributed by atoms with Crippen molar-refractivity contribution in [2.24, 2.45) is 5.92 Å². The van der Waals surface area contributed by atoms with E-state index in [0.29, 0.717) is 19.1 Å². The van der Waals surface area contributed by atoms with E-state index < -0.39 is 0 Å². The van der Waals surface area contributed by atoms with Crippen molar-refractivity contribution in [3.8, 4) is 5.75 Å². The molecule has 2 amide bonds. The summed E-state index contributed by atoms with van der Waals surface area (Å²) in [7, 11) is 0. The number of carbonyl (C=O) groups is 1. The lowest BCUT2D eigenvalue weighted by Crippen LogP contribution is -2.47. The second-order valence-corrected chi connectivity index (χ2v) is 5.40. The summed E-state index contributed by atoms with van der Waals surface area (Å²) in [5.41, 5.74) is 1.15. The monoisotopic (exact) mass is 262 g/mol. The first-order valence-corrected chi connectivity index (χ1v) is 6.90. The number of hydrogen-bond acceptors (Lipinski definition) is 2. The number of para-hydroxylation sites is 1. The average molecular weight is 262 g/mol. The summed E-state index contributed by atoms with van der Waals surface area (Å²) < 4.78 is 5.64. The Hall–Kier alpha value is -1.71. The molecular formula is C15H22N2O2. The van der Waals surface area contributed by atoms with Crippen LogP contribution in [0, 0.1) is 5.92 Å². The number of fused-ring (bicyclic) bond motifs is 1. The van der Waals surface area contributed by atoms with Crippen molar-refractivity contribution in [3.63, 3.8) is 0 Å². The standard InChI is InChI=1S/C15H22N2O2/c1-11(2)7-8-16-15(18)17-13-9-12-5-3-4-6-14(12)19-10-13/h3-6,11,13H,7-10H2,1-2H3,(H2,16,17,18)/t13-/m1/s1. The molecule has 1 aromatic carbocycles. The molecule has 0 saturated heterocycles. The van der Waals surface area contributed by atoms with Crippen LogP contribution in [0.2, 0.25) is 0 Å². The molecule has 4 nitrogen and oxygen atoms in total. The third-order valence-electron chi connectivity index (χ3n) is 3.22. The SMILES string of the molecule is CC(C)CCNC(=O)N[C@H]1COc2ccccc2C1. The van der Waals surface area contributed by atoms with E-state index in [-0.39, 0.29) is 12.1 Å². The molecule has 0 aromatic heterocycles. The fourth-order valence-electron chi connectivity index (χ4n) is 2.13. The number of ether oxygens (including phenoxy) is 1. The van der Waals surface area contributed by atoms with Gasteiger partial charge in [-0.1, -0.05) is 32.0 Å². The van der Waals surface area contributed by atoms with E-state index >= 15 is 0 Å². The Morgan fingerprint density at radius 2 is 2.21 bits per heavy atom. The second kappa shape index (κ2) is 6.45. The Bertz CT molecular complexity index is 432. The van der Waals surface area contributed by atoms with Crippen LogP contribution >= 0.6 is 0 Å². The smallest absolute Gasteiger partial charge is 0.315 e. The average Bonchev–Trinajstić information content (AvgIpc) is 2.38. The largest absolute Gasteiger partial charge is 0.491 e. The van der Waals surface area contributed by atoms with Crippen LogP contribution in [-0.4, -0.2) is 25.2 Å². The predicted molar refractivity (Wildman–Crippen MR) is 75.4 cm³/mol. The van der Waals surface area contributed by atoms with Gasteiger partial charge in [-0.25, -0.2) is 4.79 Å². The molecule has 1 atom stereocenters. The highest BCUT2D eigenvalue weighted by atomic mass is 16.5.